The van der Waals surface area contributed by atoms with Crippen LogP contribution in [0, 0.1) is 5.82 Å². The third kappa shape index (κ3) is 5.20. The number of carbonyl (C=O) groups excluding carboxylic acids is 3. The second-order valence-corrected chi connectivity index (χ2v) is 8.58. The average Bonchev–Trinajstić information content (AvgIpc) is 3.32. The highest BCUT2D eigenvalue weighted by Crippen LogP contribution is 2.36. The summed E-state index contributed by atoms with van der Waals surface area (Å²) in [6.07, 6.45) is 1.63. The number of thioether (sulfide) groups is 2. The first-order valence-corrected chi connectivity index (χ1v) is 11.1. The van der Waals surface area contributed by atoms with Crippen molar-refractivity contribution < 1.29 is 28.2 Å². The van der Waals surface area contributed by atoms with E-state index in [-0.39, 0.29) is 42.6 Å². The summed E-state index contributed by atoms with van der Waals surface area (Å²) in [5, 5.41) is 2.30. The molecule has 0 saturated carbocycles. The van der Waals surface area contributed by atoms with Gasteiger partial charge in [0.15, 0.2) is 11.5 Å². The smallest absolute Gasteiger partial charge is 0.293 e. The van der Waals surface area contributed by atoms with Crippen molar-refractivity contribution in [2.75, 3.05) is 25.6 Å². The van der Waals surface area contributed by atoms with Crippen LogP contribution in [0.5, 0.6) is 11.5 Å². The van der Waals surface area contributed by atoms with Crippen molar-refractivity contribution in [3.8, 4) is 11.5 Å². The average molecular weight is 461 g/mol. The van der Waals surface area contributed by atoms with Crippen molar-refractivity contribution in [3.05, 3.63) is 58.8 Å². The summed E-state index contributed by atoms with van der Waals surface area (Å²) in [5.41, 5.74) is 0.723. The normalized spacial score (nSPS) is 16.3. The van der Waals surface area contributed by atoms with Crippen LogP contribution in [0.4, 0.5) is 9.18 Å². The van der Waals surface area contributed by atoms with E-state index in [1.165, 1.54) is 23.9 Å². The number of imide groups is 1. The van der Waals surface area contributed by atoms with E-state index in [0.717, 1.165) is 27.1 Å². The number of ether oxygens (including phenoxy) is 2. The van der Waals surface area contributed by atoms with Gasteiger partial charge in [0.1, 0.15) is 5.82 Å². The zero-order valence-electron chi connectivity index (χ0n) is 16.1. The lowest BCUT2D eigenvalue weighted by Crippen LogP contribution is -2.37. The largest absolute Gasteiger partial charge is 0.454 e. The maximum Gasteiger partial charge on any atom is 0.293 e. The van der Waals surface area contributed by atoms with Gasteiger partial charge in [-0.2, -0.15) is 0 Å². The van der Waals surface area contributed by atoms with E-state index in [2.05, 4.69) is 5.32 Å². The zero-order chi connectivity index (χ0) is 21.8. The maximum absolute atomic E-state index is 12.9. The van der Waals surface area contributed by atoms with Crippen LogP contribution in [-0.2, 0) is 9.59 Å². The van der Waals surface area contributed by atoms with Crippen LogP contribution in [0.25, 0.3) is 6.08 Å². The molecule has 2 aromatic rings. The van der Waals surface area contributed by atoms with Gasteiger partial charge in [0.05, 0.1) is 10.7 Å². The first kappa shape index (κ1) is 21.3. The highest BCUT2D eigenvalue weighted by molar-refractivity contribution is 8.18. The summed E-state index contributed by atoms with van der Waals surface area (Å²) in [4.78, 5) is 39.0. The first-order valence-electron chi connectivity index (χ1n) is 9.30. The van der Waals surface area contributed by atoms with Crippen LogP contribution in [0.15, 0.2) is 52.3 Å². The number of hydrogen-bond acceptors (Lipinski definition) is 7. The van der Waals surface area contributed by atoms with Crippen molar-refractivity contribution in [1.82, 2.24) is 10.2 Å². The molecule has 0 atom stereocenters. The summed E-state index contributed by atoms with van der Waals surface area (Å²) in [6, 6.07) is 11.1. The standard InChI is InChI=1S/C21H17FN2O5S2/c22-14-2-4-15(5-3-14)30-11-19(25)23-7-8-24-20(26)18(31-21(24)27)10-13-1-6-16-17(9-13)29-12-28-16/h1-6,9-10H,7-8,11-12H2,(H,23,25)/b18-10-. The molecular weight excluding hydrogens is 443 g/mol. The Morgan fingerprint density at radius 3 is 2.74 bits per heavy atom. The molecule has 1 fully saturated rings. The Morgan fingerprint density at radius 2 is 1.94 bits per heavy atom. The first-order chi connectivity index (χ1) is 15.0. The van der Waals surface area contributed by atoms with Crippen molar-refractivity contribution in [2.45, 2.75) is 4.90 Å². The van der Waals surface area contributed by atoms with E-state index in [1.54, 1.807) is 36.4 Å². The third-order valence-corrected chi connectivity index (χ3v) is 6.33. The van der Waals surface area contributed by atoms with Gasteiger partial charge in [0.2, 0.25) is 12.7 Å². The number of rotatable bonds is 7. The SMILES string of the molecule is O=C(CSc1ccc(F)cc1)NCCN1C(=O)S/C(=C\c2ccc3c(c2)OCO3)C1=O. The van der Waals surface area contributed by atoms with Gasteiger partial charge in [0.25, 0.3) is 11.1 Å². The van der Waals surface area contributed by atoms with E-state index in [0.29, 0.717) is 16.4 Å². The van der Waals surface area contributed by atoms with Crippen LogP contribution in [0.3, 0.4) is 0 Å². The fourth-order valence-corrected chi connectivity index (χ4v) is 4.48. The number of benzene rings is 2. The Kier molecular flexibility index (Phi) is 6.47. The number of nitrogens with zero attached hydrogens (tertiary/aromatic N) is 1. The molecule has 2 aromatic carbocycles. The molecule has 4 rings (SSSR count). The highest BCUT2D eigenvalue weighted by Gasteiger charge is 2.34. The molecule has 0 unspecified atom stereocenters. The van der Waals surface area contributed by atoms with Crippen LogP contribution < -0.4 is 14.8 Å². The molecule has 2 aliphatic rings. The van der Waals surface area contributed by atoms with Gasteiger partial charge in [-0.25, -0.2) is 4.39 Å². The van der Waals surface area contributed by atoms with Crippen LogP contribution in [-0.4, -0.2) is 47.6 Å². The number of amides is 3. The molecule has 160 valence electrons. The molecule has 31 heavy (non-hydrogen) atoms. The zero-order valence-corrected chi connectivity index (χ0v) is 17.8. The summed E-state index contributed by atoms with van der Waals surface area (Å²) < 4.78 is 23.5. The van der Waals surface area contributed by atoms with Crippen LogP contribution >= 0.6 is 23.5 Å². The fourth-order valence-electron chi connectivity index (χ4n) is 2.88. The van der Waals surface area contributed by atoms with Crippen molar-refractivity contribution in [2.24, 2.45) is 0 Å². The third-order valence-electron chi connectivity index (χ3n) is 4.41. The number of halogens is 1. The van der Waals surface area contributed by atoms with Gasteiger partial charge in [-0.15, -0.1) is 11.8 Å². The molecule has 1 saturated heterocycles. The van der Waals surface area contributed by atoms with E-state index in [9.17, 15) is 18.8 Å². The summed E-state index contributed by atoms with van der Waals surface area (Å²) in [6.45, 7) is 0.387. The maximum atomic E-state index is 12.9. The second-order valence-electron chi connectivity index (χ2n) is 6.54. The molecule has 3 amide bonds. The lowest BCUT2D eigenvalue weighted by Gasteiger charge is -2.13. The Labute approximate surface area is 186 Å². The topological polar surface area (TPSA) is 84.9 Å². The molecule has 2 heterocycles. The molecule has 10 heteroatoms. The van der Waals surface area contributed by atoms with E-state index < -0.39 is 5.91 Å². The minimum Gasteiger partial charge on any atom is -0.454 e. The Morgan fingerprint density at radius 1 is 1.16 bits per heavy atom. The highest BCUT2D eigenvalue weighted by atomic mass is 32.2. The summed E-state index contributed by atoms with van der Waals surface area (Å²) in [7, 11) is 0. The molecule has 0 radical (unpaired) electrons. The number of fused-ring (bicyclic) bond motifs is 1. The molecule has 7 nitrogen and oxygen atoms in total. The van der Waals surface area contributed by atoms with E-state index >= 15 is 0 Å². The predicted molar refractivity (Wildman–Crippen MR) is 115 cm³/mol. The Hall–Kier alpha value is -2.98. The van der Waals surface area contributed by atoms with Gasteiger partial charge in [-0.3, -0.25) is 19.3 Å². The van der Waals surface area contributed by atoms with Gasteiger partial charge in [-0.1, -0.05) is 6.07 Å². The fraction of sp³-hybridized carbons (Fsp3) is 0.190. The molecule has 2 aliphatic heterocycles. The molecule has 0 bridgehead atoms. The monoisotopic (exact) mass is 460 g/mol. The van der Waals surface area contributed by atoms with Crippen LogP contribution in [0.2, 0.25) is 0 Å². The van der Waals surface area contributed by atoms with Crippen molar-refractivity contribution in [1.29, 1.82) is 0 Å². The summed E-state index contributed by atoms with van der Waals surface area (Å²) >= 11 is 2.13. The van der Waals surface area contributed by atoms with Crippen molar-refractivity contribution in [3.63, 3.8) is 0 Å². The number of carbonyl (C=O) groups is 3. The molecule has 1 N–H and O–H groups in total. The number of nitrogens with one attached hydrogen (secondary N) is 1. The minimum atomic E-state index is -0.400. The minimum absolute atomic E-state index is 0.0795. The van der Waals surface area contributed by atoms with Gasteiger partial charge >= 0.3 is 0 Å². The second kappa shape index (κ2) is 9.44. The molecule has 0 aromatic heterocycles. The van der Waals surface area contributed by atoms with Gasteiger partial charge < -0.3 is 14.8 Å². The quantitative estimate of drug-likeness (QED) is 0.500. The summed E-state index contributed by atoms with van der Waals surface area (Å²) in [5.74, 6) is 0.406. The van der Waals surface area contributed by atoms with Gasteiger partial charge in [-0.05, 0) is 59.8 Å². The van der Waals surface area contributed by atoms with Gasteiger partial charge in [0, 0.05) is 18.0 Å². The number of hydrogen-bond donors (Lipinski definition) is 1. The predicted octanol–water partition coefficient (Wildman–Crippen LogP) is 3.50. The van der Waals surface area contributed by atoms with Crippen LogP contribution in [0.1, 0.15) is 5.56 Å². The molecule has 0 spiro atoms. The molecule has 0 aliphatic carbocycles. The van der Waals surface area contributed by atoms with E-state index in [4.69, 9.17) is 9.47 Å². The van der Waals surface area contributed by atoms with E-state index in [1.807, 2.05) is 0 Å². The lowest BCUT2D eigenvalue weighted by atomic mass is 10.2. The Balaban J connectivity index is 1.27. The van der Waals surface area contributed by atoms with Crippen molar-refractivity contribution >= 4 is 46.7 Å². The Bertz CT molecular complexity index is 1060. The lowest BCUT2D eigenvalue weighted by molar-refractivity contribution is -0.123. The molecular formula is C21H17FN2O5S2.